The first-order valence-corrected chi connectivity index (χ1v) is 5.98. The summed E-state index contributed by atoms with van der Waals surface area (Å²) in [6, 6.07) is 7.12. The first-order chi connectivity index (χ1) is 9.47. The smallest absolute Gasteiger partial charge is 0.245 e. The van der Waals surface area contributed by atoms with Crippen molar-refractivity contribution in [3.05, 3.63) is 41.0 Å². The van der Waals surface area contributed by atoms with E-state index in [1.54, 1.807) is 30.3 Å². The van der Waals surface area contributed by atoms with Crippen molar-refractivity contribution in [3.63, 3.8) is 0 Å². The van der Waals surface area contributed by atoms with Gasteiger partial charge in [0.1, 0.15) is 5.92 Å². The zero-order chi connectivity index (χ0) is 14.9. The Morgan fingerprint density at radius 2 is 1.75 bits per heavy atom. The number of hydrogen-bond acceptors (Lipinski definition) is 4. The molecule has 0 saturated carbocycles. The molecule has 1 aromatic rings. The van der Waals surface area contributed by atoms with E-state index in [9.17, 15) is 9.59 Å². The number of primary amides is 2. The predicted molar refractivity (Wildman–Crippen MR) is 72.0 cm³/mol. The van der Waals surface area contributed by atoms with E-state index in [-0.39, 0.29) is 5.57 Å². The molecule has 0 bridgehead atoms. The minimum atomic E-state index is -1.46. The number of ether oxygens (including phenoxy) is 2. The molecule has 0 heterocycles. The zero-order valence-corrected chi connectivity index (χ0v) is 11.3. The monoisotopic (exact) mass is 276 g/mol. The van der Waals surface area contributed by atoms with Gasteiger partial charge in [0.25, 0.3) is 0 Å². The van der Waals surface area contributed by atoms with Crippen molar-refractivity contribution in [2.24, 2.45) is 17.4 Å². The van der Waals surface area contributed by atoms with Gasteiger partial charge in [0, 0.05) is 25.4 Å². The topological polar surface area (TPSA) is 105 Å². The van der Waals surface area contributed by atoms with Gasteiger partial charge in [-0.1, -0.05) is 24.3 Å². The fourth-order valence-electron chi connectivity index (χ4n) is 2.64. The lowest BCUT2D eigenvalue weighted by atomic mass is 9.77. The van der Waals surface area contributed by atoms with Crippen molar-refractivity contribution in [2.45, 2.75) is 5.79 Å². The highest BCUT2D eigenvalue weighted by Crippen LogP contribution is 2.44. The van der Waals surface area contributed by atoms with E-state index in [2.05, 4.69) is 0 Å². The Morgan fingerprint density at radius 1 is 1.15 bits per heavy atom. The van der Waals surface area contributed by atoms with Crippen molar-refractivity contribution >= 4 is 17.9 Å². The maximum absolute atomic E-state index is 11.8. The van der Waals surface area contributed by atoms with Crippen molar-refractivity contribution in [3.8, 4) is 0 Å². The Bertz CT molecular complexity index is 591. The Labute approximate surface area is 116 Å². The number of hydrogen-bond donors (Lipinski definition) is 2. The molecule has 0 fully saturated rings. The molecule has 0 aromatic heterocycles. The largest absolute Gasteiger partial charge is 0.369 e. The fourth-order valence-corrected chi connectivity index (χ4v) is 2.64. The summed E-state index contributed by atoms with van der Waals surface area (Å²) in [5, 5.41) is 0. The maximum Gasteiger partial charge on any atom is 0.245 e. The molecule has 1 aliphatic rings. The second kappa shape index (κ2) is 5.07. The van der Waals surface area contributed by atoms with Gasteiger partial charge >= 0.3 is 0 Å². The normalized spacial score (nSPS) is 19.9. The summed E-state index contributed by atoms with van der Waals surface area (Å²) in [6.45, 7) is 0. The standard InChI is InChI=1S/C14H16N2O4/c1-19-14(20-2)10-6-4-3-5-8(10)7-9(12(15)17)11(14)13(16)18/h3-7,11H,1-2H3,(H2,15,17)(H2,16,18). The molecular formula is C14H16N2O4. The number of carbonyl (C=O) groups is 2. The van der Waals surface area contributed by atoms with Gasteiger partial charge < -0.3 is 20.9 Å². The first-order valence-electron chi connectivity index (χ1n) is 5.98. The van der Waals surface area contributed by atoms with Gasteiger partial charge in [-0.05, 0) is 11.6 Å². The third-order valence-electron chi connectivity index (χ3n) is 3.51. The van der Waals surface area contributed by atoms with Gasteiger partial charge in [0.15, 0.2) is 0 Å². The number of carbonyl (C=O) groups excluding carboxylic acids is 2. The van der Waals surface area contributed by atoms with Gasteiger partial charge in [-0.25, -0.2) is 0 Å². The summed E-state index contributed by atoms with van der Waals surface area (Å²) in [7, 11) is 2.78. The Morgan fingerprint density at radius 3 is 2.25 bits per heavy atom. The molecule has 106 valence electrons. The molecule has 1 aliphatic carbocycles. The lowest BCUT2D eigenvalue weighted by Crippen LogP contribution is -2.50. The summed E-state index contributed by atoms with van der Waals surface area (Å²) in [4.78, 5) is 23.5. The zero-order valence-electron chi connectivity index (χ0n) is 11.3. The summed E-state index contributed by atoms with van der Waals surface area (Å²) in [5.41, 5.74) is 12.2. The Kier molecular flexibility index (Phi) is 3.61. The lowest BCUT2D eigenvalue weighted by Gasteiger charge is -2.40. The number of rotatable bonds is 4. The van der Waals surface area contributed by atoms with E-state index in [0.29, 0.717) is 11.1 Å². The van der Waals surface area contributed by atoms with Crippen LogP contribution in [0.1, 0.15) is 11.1 Å². The molecule has 2 amide bonds. The second-order valence-electron chi connectivity index (χ2n) is 4.46. The van der Waals surface area contributed by atoms with Crippen molar-refractivity contribution in [1.82, 2.24) is 0 Å². The van der Waals surface area contributed by atoms with E-state index >= 15 is 0 Å². The van der Waals surface area contributed by atoms with Crippen molar-refractivity contribution in [1.29, 1.82) is 0 Å². The van der Waals surface area contributed by atoms with Crippen LogP contribution in [-0.4, -0.2) is 26.0 Å². The molecule has 0 spiro atoms. The minimum Gasteiger partial charge on any atom is -0.369 e. The van der Waals surface area contributed by atoms with Crippen LogP contribution in [-0.2, 0) is 24.8 Å². The van der Waals surface area contributed by atoms with Gasteiger partial charge in [-0.15, -0.1) is 0 Å². The molecule has 20 heavy (non-hydrogen) atoms. The lowest BCUT2D eigenvalue weighted by molar-refractivity contribution is -0.239. The molecule has 1 unspecified atom stereocenters. The highest BCUT2D eigenvalue weighted by atomic mass is 16.7. The van der Waals surface area contributed by atoms with Crippen molar-refractivity contribution in [2.75, 3.05) is 14.2 Å². The van der Waals surface area contributed by atoms with E-state index in [4.69, 9.17) is 20.9 Å². The molecule has 6 heteroatoms. The van der Waals surface area contributed by atoms with Gasteiger partial charge in [-0.3, -0.25) is 9.59 Å². The Hall–Kier alpha value is -2.18. The third kappa shape index (κ3) is 1.90. The fraction of sp³-hybridized carbons (Fsp3) is 0.286. The third-order valence-corrected chi connectivity index (χ3v) is 3.51. The average Bonchev–Trinajstić information content (AvgIpc) is 2.44. The van der Waals surface area contributed by atoms with Crippen LogP contribution in [0.4, 0.5) is 0 Å². The molecule has 0 saturated heterocycles. The van der Waals surface area contributed by atoms with Crippen LogP contribution in [0.15, 0.2) is 29.8 Å². The van der Waals surface area contributed by atoms with Crippen LogP contribution in [0.5, 0.6) is 0 Å². The van der Waals surface area contributed by atoms with Crippen LogP contribution in [0.2, 0.25) is 0 Å². The summed E-state index contributed by atoms with van der Waals surface area (Å²) < 4.78 is 10.9. The highest BCUT2D eigenvalue weighted by Gasteiger charge is 2.51. The predicted octanol–water partition coefficient (Wildman–Crippen LogP) is 0.116. The number of amides is 2. The number of nitrogens with two attached hydrogens (primary N) is 2. The second-order valence-corrected chi connectivity index (χ2v) is 4.46. The summed E-state index contributed by atoms with van der Waals surface area (Å²) in [5.74, 6) is -4.04. The number of benzene rings is 1. The van der Waals surface area contributed by atoms with Crippen molar-refractivity contribution < 1.29 is 19.1 Å². The number of methoxy groups -OCH3 is 2. The van der Waals surface area contributed by atoms with Gasteiger partial charge in [0.05, 0.1) is 0 Å². The van der Waals surface area contributed by atoms with E-state index in [0.717, 1.165) is 0 Å². The first kappa shape index (κ1) is 14.2. The maximum atomic E-state index is 11.8. The molecule has 1 atom stereocenters. The van der Waals surface area contributed by atoms with Crippen LogP contribution in [0.25, 0.3) is 6.08 Å². The van der Waals surface area contributed by atoms with Crippen LogP contribution >= 0.6 is 0 Å². The summed E-state index contributed by atoms with van der Waals surface area (Å²) in [6.07, 6.45) is 1.55. The van der Waals surface area contributed by atoms with Crippen LogP contribution in [0, 0.1) is 5.92 Å². The van der Waals surface area contributed by atoms with E-state index < -0.39 is 23.5 Å². The quantitative estimate of drug-likeness (QED) is 0.762. The van der Waals surface area contributed by atoms with Gasteiger partial charge in [0.2, 0.25) is 17.6 Å². The molecule has 1 aromatic carbocycles. The highest BCUT2D eigenvalue weighted by molar-refractivity contribution is 6.04. The van der Waals surface area contributed by atoms with E-state index in [1.807, 2.05) is 0 Å². The Balaban J connectivity index is 2.79. The molecule has 0 aliphatic heterocycles. The molecule has 2 rings (SSSR count). The van der Waals surface area contributed by atoms with E-state index in [1.165, 1.54) is 14.2 Å². The molecule has 0 radical (unpaired) electrons. The van der Waals surface area contributed by atoms with Crippen LogP contribution in [0.3, 0.4) is 0 Å². The van der Waals surface area contributed by atoms with Gasteiger partial charge in [-0.2, -0.15) is 0 Å². The molecule has 4 N–H and O–H groups in total. The minimum absolute atomic E-state index is 0.0694. The number of fused-ring (bicyclic) bond motifs is 1. The van der Waals surface area contributed by atoms with Crippen LogP contribution < -0.4 is 11.5 Å². The average molecular weight is 276 g/mol. The molecule has 6 nitrogen and oxygen atoms in total. The SMILES string of the molecule is COC1(OC)c2ccccc2C=C(C(N)=O)C1C(N)=O. The molecular weight excluding hydrogens is 260 g/mol. The summed E-state index contributed by atoms with van der Waals surface area (Å²) >= 11 is 0.